The molecule has 1 aliphatic rings. The molecule has 8 heteroatoms. The lowest BCUT2D eigenvalue weighted by molar-refractivity contribution is -0.120. The normalized spacial score (nSPS) is 18.2. The maximum atomic E-state index is 12.0. The number of carbonyl (C=O) groups is 1. The van der Waals surface area contributed by atoms with Crippen LogP contribution in [0.2, 0.25) is 0 Å². The Hall–Kier alpha value is -1.12. The van der Waals surface area contributed by atoms with Crippen molar-refractivity contribution in [3.05, 3.63) is 28.7 Å². The molecule has 1 saturated heterocycles. The lowest BCUT2D eigenvalue weighted by atomic mass is 10.2. The van der Waals surface area contributed by atoms with Gasteiger partial charge < -0.3 is 10.1 Å². The molecule has 0 saturated carbocycles. The van der Waals surface area contributed by atoms with Crippen LogP contribution in [0.25, 0.3) is 0 Å². The van der Waals surface area contributed by atoms with Crippen molar-refractivity contribution >= 4 is 37.5 Å². The standard InChI is InChI=1S/C14H19BrN2O4S/c1-22(19,20)17(12-6-4-11(15)5-7-12)10-14(18)16-9-13-3-2-8-21-13/h4-7,13H,2-3,8-10H2,1H3,(H,16,18)/t13-/m1/s1. The Morgan fingerprint density at radius 2 is 2.09 bits per heavy atom. The molecule has 0 bridgehead atoms. The maximum absolute atomic E-state index is 12.0. The second-order valence-electron chi connectivity index (χ2n) is 5.19. The first kappa shape index (κ1) is 17.2. The highest BCUT2D eigenvalue weighted by molar-refractivity contribution is 9.10. The molecule has 1 amide bonds. The number of sulfonamides is 1. The summed E-state index contributed by atoms with van der Waals surface area (Å²) in [7, 11) is -3.54. The average Bonchev–Trinajstić information content (AvgIpc) is 2.96. The molecule has 1 heterocycles. The van der Waals surface area contributed by atoms with E-state index in [1.807, 2.05) is 0 Å². The summed E-state index contributed by atoms with van der Waals surface area (Å²) in [4.78, 5) is 12.0. The average molecular weight is 391 g/mol. The number of carbonyl (C=O) groups excluding carboxylic acids is 1. The van der Waals surface area contributed by atoms with Gasteiger partial charge in [0.2, 0.25) is 15.9 Å². The van der Waals surface area contributed by atoms with E-state index in [0.29, 0.717) is 12.2 Å². The first-order valence-electron chi connectivity index (χ1n) is 6.98. The molecule has 0 aliphatic carbocycles. The lowest BCUT2D eigenvalue weighted by Crippen LogP contribution is -2.42. The first-order chi connectivity index (χ1) is 10.4. The highest BCUT2D eigenvalue weighted by Crippen LogP contribution is 2.20. The summed E-state index contributed by atoms with van der Waals surface area (Å²) < 4.78 is 31.2. The molecule has 0 aromatic heterocycles. The number of ether oxygens (including phenoxy) is 1. The van der Waals surface area contributed by atoms with Gasteiger partial charge >= 0.3 is 0 Å². The Labute approximate surface area is 139 Å². The van der Waals surface area contributed by atoms with Gasteiger partial charge in [-0.15, -0.1) is 0 Å². The SMILES string of the molecule is CS(=O)(=O)N(CC(=O)NC[C@H]1CCCO1)c1ccc(Br)cc1. The third-order valence-electron chi connectivity index (χ3n) is 3.35. The highest BCUT2D eigenvalue weighted by Gasteiger charge is 2.22. The number of halogens is 1. The number of rotatable bonds is 6. The molecule has 0 unspecified atom stereocenters. The fourth-order valence-electron chi connectivity index (χ4n) is 2.23. The van der Waals surface area contributed by atoms with Crippen molar-refractivity contribution in [2.24, 2.45) is 0 Å². The third kappa shape index (κ3) is 4.96. The van der Waals surface area contributed by atoms with E-state index in [1.165, 1.54) is 0 Å². The monoisotopic (exact) mass is 390 g/mol. The van der Waals surface area contributed by atoms with E-state index in [0.717, 1.165) is 34.5 Å². The maximum Gasteiger partial charge on any atom is 0.240 e. The number of nitrogens with one attached hydrogen (secondary N) is 1. The molecule has 0 radical (unpaired) electrons. The molecule has 22 heavy (non-hydrogen) atoms. The van der Waals surface area contributed by atoms with Crippen molar-refractivity contribution in [3.8, 4) is 0 Å². The summed E-state index contributed by atoms with van der Waals surface area (Å²) >= 11 is 3.30. The van der Waals surface area contributed by atoms with Gasteiger partial charge in [0.05, 0.1) is 18.0 Å². The van der Waals surface area contributed by atoms with Crippen LogP contribution >= 0.6 is 15.9 Å². The van der Waals surface area contributed by atoms with Crippen LogP contribution < -0.4 is 9.62 Å². The molecule has 1 fully saturated rings. The second-order valence-corrected chi connectivity index (χ2v) is 8.01. The molecule has 1 aromatic carbocycles. The highest BCUT2D eigenvalue weighted by atomic mass is 79.9. The largest absolute Gasteiger partial charge is 0.376 e. The van der Waals surface area contributed by atoms with Crippen molar-refractivity contribution in [1.82, 2.24) is 5.32 Å². The Morgan fingerprint density at radius 3 is 2.64 bits per heavy atom. The van der Waals surface area contributed by atoms with E-state index in [9.17, 15) is 13.2 Å². The smallest absolute Gasteiger partial charge is 0.240 e. The van der Waals surface area contributed by atoms with Gasteiger partial charge in [0.1, 0.15) is 6.54 Å². The number of hydrogen-bond donors (Lipinski definition) is 1. The van der Waals surface area contributed by atoms with Crippen molar-refractivity contribution in [2.75, 3.05) is 30.3 Å². The molecular weight excluding hydrogens is 372 g/mol. The molecule has 6 nitrogen and oxygen atoms in total. The lowest BCUT2D eigenvalue weighted by Gasteiger charge is -2.22. The topological polar surface area (TPSA) is 75.7 Å². The molecule has 1 atom stereocenters. The second kappa shape index (κ2) is 7.43. The van der Waals surface area contributed by atoms with Crippen molar-refractivity contribution < 1.29 is 17.9 Å². The van der Waals surface area contributed by atoms with Crippen LogP contribution in [-0.2, 0) is 19.6 Å². The Morgan fingerprint density at radius 1 is 1.41 bits per heavy atom. The van der Waals surface area contributed by atoms with Gasteiger partial charge in [-0.2, -0.15) is 0 Å². The van der Waals surface area contributed by atoms with E-state index in [4.69, 9.17) is 4.74 Å². The summed E-state index contributed by atoms with van der Waals surface area (Å²) in [6, 6.07) is 6.77. The van der Waals surface area contributed by atoms with E-state index >= 15 is 0 Å². The van der Waals surface area contributed by atoms with Crippen LogP contribution in [0.4, 0.5) is 5.69 Å². The summed E-state index contributed by atoms with van der Waals surface area (Å²) in [5.74, 6) is -0.344. The molecule has 1 N–H and O–H groups in total. The van der Waals surface area contributed by atoms with Crippen LogP contribution in [-0.4, -0.2) is 46.4 Å². The summed E-state index contributed by atoms with van der Waals surface area (Å²) in [5.41, 5.74) is 0.456. The quantitative estimate of drug-likeness (QED) is 0.798. The minimum atomic E-state index is -3.54. The van der Waals surface area contributed by atoms with Crippen LogP contribution in [0, 0.1) is 0 Å². The zero-order valence-corrected chi connectivity index (χ0v) is 14.7. The number of hydrogen-bond acceptors (Lipinski definition) is 4. The molecule has 1 aliphatic heterocycles. The Balaban J connectivity index is 2.00. The number of amides is 1. The van der Waals surface area contributed by atoms with E-state index in [-0.39, 0.29) is 18.6 Å². The van der Waals surface area contributed by atoms with Crippen LogP contribution in [0.1, 0.15) is 12.8 Å². The summed E-state index contributed by atoms with van der Waals surface area (Å²) in [5, 5.41) is 2.73. The predicted octanol–water partition coefficient (Wildman–Crippen LogP) is 1.51. The van der Waals surface area contributed by atoms with Crippen molar-refractivity contribution in [1.29, 1.82) is 0 Å². The van der Waals surface area contributed by atoms with Crippen molar-refractivity contribution in [2.45, 2.75) is 18.9 Å². The molecule has 2 rings (SSSR count). The fourth-order valence-corrected chi connectivity index (χ4v) is 3.35. The van der Waals surface area contributed by atoms with Gasteiger partial charge in [0.15, 0.2) is 0 Å². The van der Waals surface area contributed by atoms with Crippen molar-refractivity contribution in [3.63, 3.8) is 0 Å². The zero-order valence-electron chi connectivity index (χ0n) is 12.3. The zero-order chi connectivity index (χ0) is 16.2. The first-order valence-corrected chi connectivity index (χ1v) is 9.62. The van der Waals surface area contributed by atoms with Crippen LogP contribution in [0.3, 0.4) is 0 Å². The third-order valence-corrected chi connectivity index (χ3v) is 5.02. The van der Waals surface area contributed by atoms with E-state index in [2.05, 4.69) is 21.2 Å². The molecule has 0 spiro atoms. The molecule has 122 valence electrons. The number of benzene rings is 1. The summed E-state index contributed by atoms with van der Waals surface area (Å²) in [6.45, 7) is 0.888. The van der Waals surface area contributed by atoms with Crippen LogP contribution in [0.5, 0.6) is 0 Å². The van der Waals surface area contributed by atoms with Gasteiger partial charge in [-0.1, -0.05) is 15.9 Å². The van der Waals surface area contributed by atoms with Gasteiger partial charge in [-0.3, -0.25) is 9.10 Å². The minimum absolute atomic E-state index is 0.0308. The van der Waals surface area contributed by atoms with Gasteiger partial charge in [0, 0.05) is 17.6 Å². The number of anilines is 1. The predicted molar refractivity (Wildman–Crippen MR) is 88.3 cm³/mol. The van der Waals surface area contributed by atoms with Crippen LogP contribution in [0.15, 0.2) is 28.7 Å². The summed E-state index contributed by atoms with van der Waals surface area (Å²) in [6.07, 6.45) is 3.03. The molecular formula is C14H19BrN2O4S. The number of nitrogens with zero attached hydrogens (tertiary/aromatic N) is 1. The van der Waals surface area contributed by atoms with E-state index in [1.54, 1.807) is 24.3 Å². The van der Waals surface area contributed by atoms with Gasteiger partial charge in [-0.05, 0) is 37.1 Å². The Kier molecular flexibility index (Phi) is 5.82. The van der Waals surface area contributed by atoms with Gasteiger partial charge in [-0.25, -0.2) is 8.42 Å². The fraction of sp³-hybridized carbons (Fsp3) is 0.500. The molecule has 1 aromatic rings. The van der Waals surface area contributed by atoms with E-state index < -0.39 is 10.0 Å². The Bertz CT molecular complexity index is 612. The minimum Gasteiger partial charge on any atom is -0.376 e. The van der Waals surface area contributed by atoms with Gasteiger partial charge in [0.25, 0.3) is 0 Å².